The molecule has 0 radical (unpaired) electrons. The summed E-state index contributed by atoms with van der Waals surface area (Å²) >= 11 is 0. The van der Waals surface area contributed by atoms with Crippen molar-refractivity contribution in [2.45, 2.75) is 120 Å². The number of guanidine groups is 1. The third-order valence-electron chi connectivity index (χ3n) is 9.31. The fourth-order valence-electron chi connectivity index (χ4n) is 7.55. The van der Waals surface area contributed by atoms with E-state index >= 15 is 4.39 Å². The van der Waals surface area contributed by atoms with E-state index < -0.39 is 41.8 Å². The Morgan fingerprint density at radius 3 is 2.67 bits per heavy atom. The van der Waals surface area contributed by atoms with Gasteiger partial charge in [-0.3, -0.25) is 19.5 Å². The van der Waals surface area contributed by atoms with E-state index in [9.17, 15) is 14.4 Å². The molecule has 3 aliphatic heterocycles. The van der Waals surface area contributed by atoms with Crippen LogP contribution in [0.2, 0.25) is 0 Å². The zero-order valence-electron chi connectivity index (χ0n) is 25.6. The van der Waals surface area contributed by atoms with E-state index in [-0.39, 0.29) is 48.0 Å². The highest BCUT2D eigenvalue weighted by Crippen LogP contribution is 2.47. The Morgan fingerprint density at radius 1 is 1.16 bits per heavy atom. The number of hydrogen-bond donors (Lipinski definition) is 4. The standard InChI is InChI=1S/C30H48FN7O5/c1-30(2,3)43-29(41)36-17-10-13-37(15-17)24-20(31)14-18-23-26(24)42-22-9-5-4-8-21(22)38(23)16-19(25(18)39)27(40)34-11-6-7-12-35-28(32)33/h16-18,20-24,26H,4-15H2,1-3H3,(H,34,40)(H,36,41)(H4,32,33,35). The number of ketones is 1. The fraction of sp³-hybridized carbons (Fsp3) is 0.800. The normalized spacial score (nSPS) is 34.0. The first kappa shape index (κ1) is 31.5. The number of likely N-dealkylation sites (tertiary alicyclic amines) is 1. The first-order valence-corrected chi connectivity index (χ1v) is 15.8. The van der Waals surface area contributed by atoms with Gasteiger partial charge in [-0.1, -0.05) is 12.8 Å². The molecular formula is C30H48FN7O5. The van der Waals surface area contributed by atoms with E-state index in [0.717, 1.165) is 25.7 Å². The average Bonchev–Trinajstić information content (AvgIpc) is 3.38. The van der Waals surface area contributed by atoms with Crippen LogP contribution in [-0.4, -0.2) is 108 Å². The van der Waals surface area contributed by atoms with Crippen molar-refractivity contribution in [1.82, 2.24) is 20.4 Å². The number of aliphatic imine (C=N–C) groups is 1. The number of amides is 2. The summed E-state index contributed by atoms with van der Waals surface area (Å²) in [7, 11) is 0. The second-order valence-corrected chi connectivity index (χ2v) is 13.6. The Balaban J connectivity index is 1.31. The molecule has 0 aromatic rings. The summed E-state index contributed by atoms with van der Waals surface area (Å²) < 4.78 is 28.4. The number of carbonyl (C=O) groups is 3. The maximum absolute atomic E-state index is 16.2. The first-order chi connectivity index (χ1) is 20.4. The molecular weight excluding hydrogens is 557 g/mol. The van der Waals surface area contributed by atoms with Crippen LogP contribution in [0.3, 0.4) is 0 Å². The van der Waals surface area contributed by atoms with Gasteiger partial charge < -0.3 is 36.5 Å². The lowest BCUT2D eigenvalue weighted by molar-refractivity contribution is -0.209. The van der Waals surface area contributed by atoms with E-state index in [2.05, 4.69) is 25.4 Å². The van der Waals surface area contributed by atoms with Crippen LogP contribution in [0.1, 0.15) is 72.1 Å². The molecule has 2 amide bonds. The molecule has 8 atom stereocenters. The number of unbranched alkanes of at least 4 members (excludes halogenated alkanes) is 1. The number of Topliss-reactive ketones (excluding diaryl/α,β-unsaturated/α-hetero) is 1. The highest BCUT2D eigenvalue weighted by molar-refractivity contribution is 6.20. The topological polar surface area (TPSA) is 165 Å². The molecule has 0 aromatic heterocycles. The number of fused-ring (bicyclic) bond motifs is 2. The predicted octanol–water partition coefficient (Wildman–Crippen LogP) is 1.33. The number of alkyl halides is 1. The van der Waals surface area contributed by atoms with Crippen molar-refractivity contribution in [3.63, 3.8) is 0 Å². The van der Waals surface area contributed by atoms with E-state index in [1.54, 1.807) is 6.20 Å². The molecule has 5 rings (SSSR count). The summed E-state index contributed by atoms with van der Waals surface area (Å²) in [6.07, 6.45) is 5.24. The minimum Gasteiger partial charge on any atom is -0.444 e. The van der Waals surface area contributed by atoms with Crippen LogP contribution in [0.25, 0.3) is 0 Å². The van der Waals surface area contributed by atoms with Crippen LogP contribution < -0.4 is 22.1 Å². The Kier molecular flexibility index (Phi) is 9.50. The van der Waals surface area contributed by atoms with E-state index in [0.29, 0.717) is 45.4 Å². The lowest BCUT2D eigenvalue weighted by Crippen LogP contribution is -2.73. The van der Waals surface area contributed by atoms with Crippen molar-refractivity contribution in [2.75, 3.05) is 26.2 Å². The minimum absolute atomic E-state index is 0.0317. The van der Waals surface area contributed by atoms with Gasteiger partial charge in [-0.05, 0) is 59.3 Å². The number of carbonyl (C=O) groups excluding carboxylic acids is 3. The number of nitrogens with two attached hydrogens (primary N) is 2. The van der Waals surface area contributed by atoms with Crippen LogP contribution in [0.4, 0.5) is 9.18 Å². The Bertz CT molecular complexity index is 1120. The third kappa shape index (κ3) is 7.08. The van der Waals surface area contributed by atoms with Crippen molar-refractivity contribution in [3.8, 4) is 0 Å². The number of hydrogen-bond acceptors (Lipinski definition) is 8. The molecule has 240 valence electrons. The summed E-state index contributed by atoms with van der Waals surface area (Å²) in [4.78, 5) is 47.6. The summed E-state index contributed by atoms with van der Waals surface area (Å²) in [5.41, 5.74) is 10.2. The number of ether oxygens (including phenoxy) is 2. The van der Waals surface area contributed by atoms with Gasteiger partial charge in [-0.2, -0.15) is 0 Å². The Hall–Kier alpha value is -2.93. The van der Waals surface area contributed by atoms with Crippen LogP contribution in [0.15, 0.2) is 16.8 Å². The van der Waals surface area contributed by atoms with E-state index in [1.165, 1.54) is 0 Å². The number of morpholine rings is 1. The number of halogens is 1. The van der Waals surface area contributed by atoms with E-state index in [4.69, 9.17) is 20.9 Å². The van der Waals surface area contributed by atoms with Crippen molar-refractivity contribution in [1.29, 1.82) is 0 Å². The summed E-state index contributed by atoms with van der Waals surface area (Å²) in [5, 5.41) is 5.80. The average molecular weight is 606 g/mol. The molecule has 0 spiro atoms. The van der Waals surface area contributed by atoms with Gasteiger partial charge in [0.2, 0.25) is 0 Å². The molecule has 2 saturated heterocycles. The smallest absolute Gasteiger partial charge is 0.407 e. The van der Waals surface area contributed by atoms with Crippen molar-refractivity contribution in [2.24, 2.45) is 22.4 Å². The number of nitrogens with zero attached hydrogens (tertiary/aromatic N) is 3. The van der Waals surface area contributed by atoms with E-state index in [1.807, 2.05) is 20.8 Å². The molecule has 6 N–H and O–H groups in total. The molecule has 0 bridgehead atoms. The molecule has 3 heterocycles. The molecule has 5 aliphatic rings. The maximum Gasteiger partial charge on any atom is 0.407 e. The molecule has 2 aliphatic carbocycles. The summed E-state index contributed by atoms with van der Waals surface area (Å²) in [6, 6.07) is -0.994. The van der Waals surface area contributed by atoms with Crippen LogP contribution in [0, 0.1) is 5.92 Å². The first-order valence-electron chi connectivity index (χ1n) is 15.8. The van der Waals surface area contributed by atoms with Crippen molar-refractivity contribution in [3.05, 3.63) is 11.8 Å². The summed E-state index contributed by atoms with van der Waals surface area (Å²) in [5.74, 6) is -1.36. The molecule has 13 heteroatoms. The van der Waals surface area contributed by atoms with Crippen LogP contribution in [0.5, 0.6) is 0 Å². The lowest BCUT2D eigenvalue weighted by Gasteiger charge is -2.60. The predicted molar refractivity (Wildman–Crippen MR) is 159 cm³/mol. The monoisotopic (exact) mass is 605 g/mol. The van der Waals surface area contributed by atoms with Gasteiger partial charge in [0.05, 0.1) is 35.9 Å². The number of alkyl carbamates (subject to hydrolysis) is 1. The Morgan fingerprint density at radius 2 is 1.93 bits per heavy atom. The molecule has 12 nitrogen and oxygen atoms in total. The summed E-state index contributed by atoms with van der Waals surface area (Å²) in [6.45, 7) is 7.39. The van der Waals surface area contributed by atoms with Gasteiger partial charge in [-0.25, -0.2) is 9.18 Å². The lowest BCUT2D eigenvalue weighted by atomic mass is 9.69. The van der Waals surface area contributed by atoms with Crippen molar-refractivity contribution < 1.29 is 28.2 Å². The fourth-order valence-corrected chi connectivity index (χ4v) is 7.55. The third-order valence-corrected chi connectivity index (χ3v) is 9.31. The quantitative estimate of drug-likeness (QED) is 0.138. The number of rotatable bonds is 8. The Labute approximate surface area is 253 Å². The second kappa shape index (κ2) is 13.0. The zero-order chi connectivity index (χ0) is 30.9. The molecule has 43 heavy (non-hydrogen) atoms. The van der Waals surface area contributed by atoms with Crippen LogP contribution in [-0.2, 0) is 19.1 Å². The zero-order valence-corrected chi connectivity index (χ0v) is 25.6. The molecule has 4 fully saturated rings. The molecule has 0 aromatic carbocycles. The SMILES string of the molecule is CC(C)(C)OC(=O)NC1CCN(C2C(F)CC3C(=O)C(C(=O)NCCCCN=C(N)N)=CN4C5CCCCC5OC2C34)C1. The highest BCUT2D eigenvalue weighted by atomic mass is 19.1. The second-order valence-electron chi connectivity index (χ2n) is 13.6. The highest BCUT2D eigenvalue weighted by Gasteiger charge is 2.60. The van der Waals surface area contributed by atoms with Gasteiger partial charge in [0.15, 0.2) is 11.7 Å². The van der Waals surface area contributed by atoms with Gasteiger partial charge in [0.25, 0.3) is 5.91 Å². The maximum atomic E-state index is 16.2. The van der Waals surface area contributed by atoms with Gasteiger partial charge >= 0.3 is 6.09 Å². The van der Waals surface area contributed by atoms with Crippen molar-refractivity contribution >= 4 is 23.7 Å². The van der Waals surface area contributed by atoms with Gasteiger partial charge in [0, 0.05) is 44.3 Å². The minimum atomic E-state index is -1.31. The largest absolute Gasteiger partial charge is 0.444 e. The number of nitrogens with one attached hydrogen (secondary N) is 2. The molecule has 8 unspecified atom stereocenters. The van der Waals surface area contributed by atoms with Crippen LogP contribution >= 0.6 is 0 Å². The van der Waals surface area contributed by atoms with Gasteiger partial charge in [-0.15, -0.1) is 0 Å². The van der Waals surface area contributed by atoms with Gasteiger partial charge in [0.1, 0.15) is 11.8 Å². The molecule has 2 saturated carbocycles.